The SMILES string of the molecule is C=C([C@@H](c1ccc(C(C)=O)cc1)[C@H](O)c1ccccc1)[Si](C)(C)c1ccccc1. The molecule has 3 aromatic carbocycles. The summed E-state index contributed by atoms with van der Waals surface area (Å²) >= 11 is 0. The Bertz CT molecular complexity index is 976. The fourth-order valence-corrected chi connectivity index (χ4v) is 6.27. The predicted molar refractivity (Wildman–Crippen MR) is 123 cm³/mol. The Kier molecular flexibility index (Phi) is 6.31. The summed E-state index contributed by atoms with van der Waals surface area (Å²) in [5, 5.41) is 13.7. The molecule has 0 aliphatic heterocycles. The standard InChI is InChI=1S/C26H28O2Si/c1-19(27)21-15-17-22(18-16-21)25(26(28)23-11-7-5-8-12-23)20(2)29(3,4)24-13-9-6-10-14-24/h5-18,25-26,28H,2H2,1,3-4H3/t25-,26+/m0/s1. The monoisotopic (exact) mass is 400 g/mol. The molecule has 3 heteroatoms. The van der Waals surface area contributed by atoms with E-state index in [2.05, 4.69) is 43.9 Å². The van der Waals surface area contributed by atoms with Gasteiger partial charge in [0.2, 0.25) is 0 Å². The summed E-state index contributed by atoms with van der Waals surface area (Å²) in [5.74, 6) is -0.213. The lowest BCUT2D eigenvalue weighted by molar-refractivity contribution is 0.101. The summed E-state index contributed by atoms with van der Waals surface area (Å²) in [4.78, 5) is 11.7. The lowest BCUT2D eigenvalue weighted by atomic mass is 9.88. The highest BCUT2D eigenvalue weighted by molar-refractivity contribution is 6.95. The highest BCUT2D eigenvalue weighted by Gasteiger charge is 2.36. The summed E-state index contributed by atoms with van der Waals surface area (Å²) in [7, 11) is -2.08. The first-order valence-electron chi connectivity index (χ1n) is 9.91. The second-order valence-corrected chi connectivity index (χ2v) is 12.5. The van der Waals surface area contributed by atoms with Crippen molar-refractivity contribution in [2.24, 2.45) is 0 Å². The number of hydrogen-bond donors (Lipinski definition) is 1. The van der Waals surface area contributed by atoms with Crippen LogP contribution in [0.25, 0.3) is 0 Å². The number of hydrogen-bond acceptors (Lipinski definition) is 2. The fourth-order valence-electron chi connectivity index (χ4n) is 3.77. The van der Waals surface area contributed by atoms with Crippen LogP contribution in [0.1, 0.15) is 40.4 Å². The molecule has 0 aliphatic carbocycles. The van der Waals surface area contributed by atoms with Crippen molar-refractivity contribution in [2.45, 2.75) is 32.0 Å². The van der Waals surface area contributed by atoms with E-state index < -0.39 is 14.2 Å². The first kappa shape index (κ1) is 21.0. The van der Waals surface area contributed by atoms with E-state index in [0.29, 0.717) is 5.56 Å². The first-order valence-corrected chi connectivity index (χ1v) is 12.9. The zero-order chi connectivity index (χ0) is 21.0. The van der Waals surface area contributed by atoms with Crippen molar-refractivity contribution in [1.82, 2.24) is 0 Å². The summed E-state index contributed by atoms with van der Waals surface area (Å²) in [6.07, 6.45) is -0.706. The number of carbonyl (C=O) groups excluding carboxylic acids is 1. The molecule has 29 heavy (non-hydrogen) atoms. The van der Waals surface area contributed by atoms with Gasteiger partial charge >= 0.3 is 0 Å². The smallest absolute Gasteiger partial charge is 0.159 e. The van der Waals surface area contributed by atoms with Gasteiger partial charge in [0, 0.05) is 11.5 Å². The molecule has 2 atom stereocenters. The molecule has 3 rings (SSSR count). The summed E-state index contributed by atoms with van der Waals surface area (Å²) < 4.78 is 0. The Hall–Kier alpha value is -2.75. The molecule has 1 N–H and O–H groups in total. The van der Waals surface area contributed by atoms with Gasteiger partial charge in [-0.25, -0.2) is 0 Å². The molecule has 0 spiro atoms. The van der Waals surface area contributed by atoms with Crippen LogP contribution in [-0.4, -0.2) is 19.0 Å². The molecular weight excluding hydrogens is 372 g/mol. The van der Waals surface area contributed by atoms with Gasteiger partial charge in [-0.05, 0) is 18.1 Å². The van der Waals surface area contributed by atoms with E-state index >= 15 is 0 Å². The topological polar surface area (TPSA) is 37.3 Å². The number of rotatable bonds is 7. The summed E-state index contributed by atoms with van der Waals surface area (Å²) in [6.45, 7) is 10.6. The average Bonchev–Trinajstić information content (AvgIpc) is 2.75. The van der Waals surface area contributed by atoms with Gasteiger partial charge in [-0.2, -0.15) is 0 Å². The van der Waals surface area contributed by atoms with Crippen LogP contribution in [0.2, 0.25) is 13.1 Å². The van der Waals surface area contributed by atoms with Crippen molar-refractivity contribution in [3.05, 3.63) is 113 Å². The van der Waals surface area contributed by atoms with Crippen molar-refractivity contribution in [2.75, 3.05) is 0 Å². The Morgan fingerprint density at radius 1 is 0.828 bits per heavy atom. The predicted octanol–water partition coefficient (Wildman–Crippen LogP) is 5.42. The van der Waals surface area contributed by atoms with E-state index in [0.717, 1.165) is 16.3 Å². The lowest BCUT2D eigenvalue weighted by Gasteiger charge is -2.35. The van der Waals surface area contributed by atoms with Crippen molar-refractivity contribution < 1.29 is 9.90 Å². The molecule has 0 bridgehead atoms. The Balaban J connectivity index is 2.07. The van der Waals surface area contributed by atoms with Crippen LogP contribution in [0.15, 0.2) is 96.7 Å². The third-order valence-corrected chi connectivity index (χ3v) is 9.50. The van der Waals surface area contributed by atoms with Crippen LogP contribution >= 0.6 is 0 Å². The maximum Gasteiger partial charge on any atom is 0.159 e. The minimum absolute atomic E-state index is 0.0366. The third kappa shape index (κ3) is 4.47. The molecule has 0 unspecified atom stereocenters. The summed E-state index contributed by atoms with van der Waals surface area (Å²) in [6, 6.07) is 27.8. The van der Waals surface area contributed by atoms with E-state index in [-0.39, 0.29) is 11.7 Å². The van der Waals surface area contributed by atoms with Gasteiger partial charge in [0.15, 0.2) is 5.78 Å². The quantitative estimate of drug-likeness (QED) is 0.425. The number of benzene rings is 3. The van der Waals surface area contributed by atoms with Crippen LogP contribution < -0.4 is 5.19 Å². The number of aliphatic hydroxyl groups is 1. The minimum atomic E-state index is -2.08. The Morgan fingerprint density at radius 3 is 1.86 bits per heavy atom. The Morgan fingerprint density at radius 2 is 1.34 bits per heavy atom. The molecule has 0 radical (unpaired) electrons. The van der Waals surface area contributed by atoms with Gasteiger partial charge < -0.3 is 5.11 Å². The lowest BCUT2D eigenvalue weighted by Crippen LogP contribution is -2.46. The highest BCUT2D eigenvalue weighted by Crippen LogP contribution is 2.40. The van der Waals surface area contributed by atoms with Gasteiger partial charge in [0.1, 0.15) is 8.07 Å². The molecule has 0 saturated carbocycles. The normalized spacial score (nSPS) is 13.5. The van der Waals surface area contributed by atoms with Gasteiger partial charge in [-0.1, -0.05) is 108 Å². The van der Waals surface area contributed by atoms with Crippen LogP contribution in [0.3, 0.4) is 0 Å². The van der Waals surface area contributed by atoms with Crippen molar-refractivity contribution >= 4 is 19.0 Å². The number of Topliss-reactive ketones (excluding diaryl/α,β-unsaturated/α-hetero) is 1. The molecule has 2 nitrogen and oxygen atoms in total. The zero-order valence-electron chi connectivity index (χ0n) is 17.3. The Labute approximate surface area is 174 Å². The second kappa shape index (κ2) is 8.72. The number of aliphatic hydroxyl groups excluding tert-OH is 1. The van der Waals surface area contributed by atoms with E-state index in [9.17, 15) is 9.90 Å². The van der Waals surface area contributed by atoms with E-state index in [1.165, 1.54) is 5.19 Å². The second-order valence-electron chi connectivity index (χ2n) is 8.03. The molecule has 0 heterocycles. The van der Waals surface area contributed by atoms with Crippen LogP contribution in [0.5, 0.6) is 0 Å². The van der Waals surface area contributed by atoms with Gasteiger partial charge in [0.05, 0.1) is 6.10 Å². The van der Waals surface area contributed by atoms with Crippen molar-refractivity contribution in [1.29, 1.82) is 0 Å². The largest absolute Gasteiger partial charge is 0.387 e. The molecule has 0 aromatic heterocycles. The molecule has 0 fully saturated rings. The molecular formula is C26H28O2Si. The van der Waals surface area contributed by atoms with Crippen LogP contribution in [0.4, 0.5) is 0 Å². The molecule has 0 aliphatic rings. The van der Waals surface area contributed by atoms with Gasteiger partial charge in [-0.15, -0.1) is 6.58 Å². The van der Waals surface area contributed by atoms with E-state index in [1.54, 1.807) is 6.92 Å². The minimum Gasteiger partial charge on any atom is -0.387 e. The highest BCUT2D eigenvalue weighted by atomic mass is 28.3. The van der Waals surface area contributed by atoms with Gasteiger partial charge in [-0.3, -0.25) is 4.79 Å². The van der Waals surface area contributed by atoms with Crippen molar-refractivity contribution in [3.63, 3.8) is 0 Å². The maximum atomic E-state index is 11.7. The van der Waals surface area contributed by atoms with Crippen molar-refractivity contribution in [3.8, 4) is 0 Å². The average molecular weight is 401 g/mol. The summed E-state index contributed by atoms with van der Waals surface area (Å²) in [5.41, 5.74) is 2.52. The van der Waals surface area contributed by atoms with Crippen LogP contribution in [0, 0.1) is 0 Å². The maximum absolute atomic E-state index is 11.7. The molecule has 148 valence electrons. The number of ketones is 1. The first-order chi connectivity index (χ1) is 13.8. The molecule has 0 saturated heterocycles. The third-order valence-electron chi connectivity index (χ3n) is 5.81. The number of carbonyl (C=O) groups is 1. The van der Waals surface area contributed by atoms with Gasteiger partial charge in [0.25, 0.3) is 0 Å². The van der Waals surface area contributed by atoms with E-state index in [1.807, 2.05) is 60.7 Å². The molecule has 3 aromatic rings. The zero-order valence-corrected chi connectivity index (χ0v) is 18.3. The fraction of sp³-hybridized carbons (Fsp3) is 0.192. The van der Waals surface area contributed by atoms with E-state index in [4.69, 9.17) is 0 Å². The van der Waals surface area contributed by atoms with Crippen LogP contribution in [-0.2, 0) is 0 Å². The molecule has 0 amide bonds.